The van der Waals surface area contributed by atoms with E-state index in [4.69, 9.17) is 15.0 Å². The summed E-state index contributed by atoms with van der Waals surface area (Å²) in [5, 5.41) is 4.92. The predicted molar refractivity (Wildman–Crippen MR) is 293 cm³/mol. The van der Waals surface area contributed by atoms with Crippen molar-refractivity contribution >= 4 is 43.6 Å². The summed E-state index contributed by atoms with van der Waals surface area (Å²) in [7, 11) is 0. The maximum Gasteiger partial charge on any atom is 0.164 e. The predicted octanol–water partition coefficient (Wildman–Crippen LogP) is 16.7. The first kappa shape index (κ1) is 40.8. The molecule has 0 radical (unpaired) electrons. The van der Waals surface area contributed by atoms with Crippen LogP contribution in [0.2, 0.25) is 0 Å². The molecule has 14 rings (SSSR count). The van der Waals surface area contributed by atoms with E-state index < -0.39 is 0 Å². The zero-order valence-electron chi connectivity index (χ0n) is 39.3. The van der Waals surface area contributed by atoms with Crippen LogP contribution < -0.4 is 0 Å². The summed E-state index contributed by atoms with van der Waals surface area (Å²) in [4.78, 5) is 15.2. The second-order valence-corrected chi connectivity index (χ2v) is 19.2. The Morgan fingerprint density at radius 3 is 1.39 bits per heavy atom. The minimum atomic E-state index is -0.161. The third-order valence-electron chi connectivity index (χ3n) is 14.8. The summed E-state index contributed by atoms with van der Waals surface area (Å²) < 4.78 is 4.80. The first-order valence-electron chi connectivity index (χ1n) is 24.3. The molecule has 0 atom stereocenters. The smallest absolute Gasteiger partial charge is 0.164 e. The molecule has 0 saturated heterocycles. The molecule has 5 nitrogen and oxygen atoms in total. The van der Waals surface area contributed by atoms with Crippen molar-refractivity contribution in [1.29, 1.82) is 0 Å². The van der Waals surface area contributed by atoms with Gasteiger partial charge in [0.05, 0.1) is 22.1 Å². The topological polar surface area (TPSA) is 48.5 Å². The number of nitrogens with zero attached hydrogens (tertiary/aromatic N) is 5. The summed E-state index contributed by atoms with van der Waals surface area (Å²) >= 11 is 0. The minimum Gasteiger partial charge on any atom is -0.309 e. The van der Waals surface area contributed by atoms with Gasteiger partial charge in [-0.3, -0.25) is 0 Å². The molecule has 0 unspecified atom stereocenters. The van der Waals surface area contributed by atoms with E-state index in [0.29, 0.717) is 17.5 Å². The van der Waals surface area contributed by atoms with Crippen molar-refractivity contribution in [3.8, 4) is 78.9 Å². The Kier molecular flexibility index (Phi) is 9.17. The molecule has 1 aliphatic rings. The van der Waals surface area contributed by atoms with Gasteiger partial charge < -0.3 is 9.13 Å². The Hall–Kier alpha value is -9.19. The largest absolute Gasteiger partial charge is 0.309 e. The average Bonchev–Trinajstić information content (AvgIpc) is 4.02. The Morgan fingerprint density at radius 1 is 0.282 bits per heavy atom. The van der Waals surface area contributed by atoms with E-state index in [2.05, 4.69) is 223 Å². The third kappa shape index (κ3) is 6.58. The van der Waals surface area contributed by atoms with Gasteiger partial charge in [-0.25, -0.2) is 15.0 Å². The second kappa shape index (κ2) is 15.9. The molecule has 334 valence electrons. The summed E-state index contributed by atoms with van der Waals surface area (Å²) in [6.45, 7) is 4.71. The van der Waals surface area contributed by atoms with Crippen molar-refractivity contribution < 1.29 is 0 Å². The fourth-order valence-corrected chi connectivity index (χ4v) is 11.3. The van der Waals surface area contributed by atoms with E-state index in [1.807, 2.05) is 36.4 Å². The Morgan fingerprint density at radius 2 is 0.746 bits per heavy atom. The number of rotatable bonds is 7. The Bertz CT molecular complexity index is 4170. The summed E-state index contributed by atoms with van der Waals surface area (Å²) in [5.41, 5.74) is 19.6. The van der Waals surface area contributed by atoms with Crippen LogP contribution in [0.1, 0.15) is 25.0 Å². The molecule has 0 bridgehead atoms. The molecule has 0 spiro atoms. The molecular formula is C66H45N5. The Balaban J connectivity index is 0.901. The lowest BCUT2D eigenvalue weighted by atomic mass is 9.82. The number of aromatic nitrogens is 5. The van der Waals surface area contributed by atoms with Gasteiger partial charge in [-0.15, -0.1) is 0 Å². The molecule has 1 aliphatic carbocycles. The molecule has 71 heavy (non-hydrogen) atoms. The molecule has 3 aromatic heterocycles. The van der Waals surface area contributed by atoms with E-state index in [9.17, 15) is 0 Å². The maximum atomic E-state index is 5.11. The highest BCUT2D eigenvalue weighted by Gasteiger charge is 2.36. The van der Waals surface area contributed by atoms with Crippen LogP contribution in [-0.4, -0.2) is 24.1 Å². The van der Waals surface area contributed by atoms with Crippen molar-refractivity contribution in [2.24, 2.45) is 0 Å². The number of para-hydroxylation sites is 2. The van der Waals surface area contributed by atoms with Crippen molar-refractivity contribution in [2.75, 3.05) is 0 Å². The molecule has 0 saturated carbocycles. The first-order valence-corrected chi connectivity index (χ1v) is 24.3. The lowest BCUT2D eigenvalue weighted by Crippen LogP contribution is -2.14. The van der Waals surface area contributed by atoms with Gasteiger partial charge in [-0.05, 0) is 111 Å². The van der Waals surface area contributed by atoms with Crippen LogP contribution in [0.15, 0.2) is 237 Å². The molecule has 0 N–H and O–H groups in total. The normalized spacial score (nSPS) is 12.8. The molecule has 10 aromatic carbocycles. The molecular weight excluding hydrogens is 863 g/mol. The molecule has 3 heterocycles. The van der Waals surface area contributed by atoms with E-state index >= 15 is 0 Å². The standard InChI is InChI=1S/C66H45N5/c1-66(2)57-27-14-12-25-51(57)53-40-56-55-39-47(43-31-29-42(30-32-43)46-33-35-60-54(38-46)52-26-13-15-28-59(52)70(60)49-22-10-5-11-23-49)34-36-61(55)71(62(56)41-58(53)66)50-24-16-21-48(37-50)65-68-63(44-17-6-3-7-18-44)67-64(69-65)45-19-8-4-9-20-45/h3-41H,1-2H3. The lowest BCUT2D eigenvalue weighted by molar-refractivity contribution is 0.661. The van der Waals surface area contributed by atoms with Crippen molar-refractivity contribution in [1.82, 2.24) is 24.1 Å². The highest BCUT2D eigenvalue weighted by molar-refractivity contribution is 6.13. The SMILES string of the molecule is CC1(C)c2ccccc2-c2cc3c4cc(-c5ccc(-c6ccc7c(c6)c6ccccc6n7-c6ccccc6)cc5)ccc4n(-c4cccc(-c5nc(-c6ccccc6)nc(-c6ccccc6)n5)c4)c3cc21. The van der Waals surface area contributed by atoms with Crippen LogP contribution in [0.3, 0.4) is 0 Å². The minimum absolute atomic E-state index is 0.161. The van der Waals surface area contributed by atoms with Gasteiger partial charge in [-0.2, -0.15) is 0 Å². The fourth-order valence-electron chi connectivity index (χ4n) is 11.3. The zero-order chi connectivity index (χ0) is 47.2. The number of hydrogen-bond acceptors (Lipinski definition) is 3. The van der Waals surface area contributed by atoms with Crippen molar-refractivity contribution in [3.05, 3.63) is 248 Å². The second-order valence-electron chi connectivity index (χ2n) is 19.2. The maximum absolute atomic E-state index is 5.11. The number of benzene rings is 10. The highest BCUT2D eigenvalue weighted by atomic mass is 15.0. The molecule has 5 heteroatoms. The quantitative estimate of drug-likeness (QED) is 0.160. The van der Waals surface area contributed by atoms with Gasteiger partial charge in [0, 0.05) is 55.0 Å². The Labute approximate surface area is 411 Å². The monoisotopic (exact) mass is 907 g/mol. The van der Waals surface area contributed by atoms with Crippen LogP contribution in [0.5, 0.6) is 0 Å². The van der Waals surface area contributed by atoms with E-state index in [1.54, 1.807) is 0 Å². The van der Waals surface area contributed by atoms with Gasteiger partial charge in [0.2, 0.25) is 0 Å². The number of hydrogen-bond donors (Lipinski definition) is 0. The van der Waals surface area contributed by atoms with Gasteiger partial charge in [0.25, 0.3) is 0 Å². The average molecular weight is 908 g/mol. The van der Waals surface area contributed by atoms with Crippen LogP contribution in [-0.2, 0) is 5.41 Å². The van der Waals surface area contributed by atoms with E-state index in [0.717, 1.165) is 33.6 Å². The first-order chi connectivity index (χ1) is 34.9. The molecule has 0 amide bonds. The lowest BCUT2D eigenvalue weighted by Gasteiger charge is -2.21. The van der Waals surface area contributed by atoms with Crippen LogP contribution in [0.25, 0.3) is 123 Å². The van der Waals surface area contributed by atoms with E-state index in [1.165, 1.54) is 82.6 Å². The zero-order valence-corrected chi connectivity index (χ0v) is 39.3. The molecule has 13 aromatic rings. The summed E-state index contributed by atoms with van der Waals surface area (Å²) in [6, 6.07) is 85.1. The number of fused-ring (bicyclic) bond motifs is 9. The van der Waals surface area contributed by atoms with Gasteiger partial charge in [-0.1, -0.05) is 184 Å². The van der Waals surface area contributed by atoms with Crippen LogP contribution >= 0.6 is 0 Å². The van der Waals surface area contributed by atoms with Crippen molar-refractivity contribution in [2.45, 2.75) is 19.3 Å². The highest BCUT2D eigenvalue weighted by Crippen LogP contribution is 2.51. The molecule has 0 fully saturated rings. The molecule has 0 aliphatic heterocycles. The van der Waals surface area contributed by atoms with Gasteiger partial charge in [0.1, 0.15) is 0 Å². The van der Waals surface area contributed by atoms with Gasteiger partial charge in [0.15, 0.2) is 17.5 Å². The summed E-state index contributed by atoms with van der Waals surface area (Å²) in [6.07, 6.45) is 0. The van der Waals surface area contributed by atoms with Crippen LogP contribution in [0.4, 0.5) is 0 Å². The van der Waals surface area contributed by atoms with Crippen molar-refractivity contribution in [3.63, 3.8) is 0 Å². The van der Waals surface area contributed by atoms with Crippen LogP contribution in [0, 0.1) is 0 Å². The van der Waals surface area contributed by atoms with Gasteiger partial charge >= 0.3 is 0 Å². The summed E-state index contributed by atoms with van der Waals surface area (Å²) in [5.74, 6) is 1.91. The fraction of sp³-hybridized carbons (Fsp3) is 0.0455. The third-order valence-corrected chi connectivity index (χ3v) is 14.8. The van der Waals surface area contributed by atoms with E-state index in [-0.39, 0.29) is 5.41 Å².